The van der Waals surface area contributed by atoms with Crippen molar-refractivity contribution < 1.29 is 27.2 Å². The Kier molecular flexibility index (Phi) is 5.98. The largest absolute Gasteiger partial charge is 0.462 e. The number of hydrogen-bond donors (Lipinski definition) is 1. The summed E-state index contributed by atoms with van der Waals surface area (Å²) in [7, 11) is 1.33. The highest BCUT2D eigenvalue weighted by atomic mass is 32.2. The second-order valence-electron chi connectivity index (χ2n) is 4.26. The Bertz CT molecular complexity index is 638. The Hall–Kier alpha value is -1.80. The zero-order valence-corrected chi connectivity index (χ0v) is 12.4. The number of hydrogen-bond acceptors (Lipinski definition) is 5. The molecule has 2 radical (unpaired) electrons. The Morgan fingerprint density at radius 1 is 1.43 bits per heavy atom. The summed E-state index contributed by atoms with van der Waals surface area (Å²) in [6.45, 7) is 4.74. The molecular weight excluding hydrogens is 295 g/mol. The number of carbonyl (C=O) groups excluding carboxylic acids is 1. The van der Waals surface area contributed by atoms with Crippen LogP contribution in [0.15, 0.2) is 30.5 Å². The maximum absolute atomic E-state index is 11.9. The van der Waals surface area contributed by atoms with E-state index >= 15 is 0 Å². The van der Waals surface area contributed by atoms with E-state index in [1.165, 1.54) is 6.07 Å². The molecular formula is C13H15BO6S. The lowest BCUT2D eigenvalue weighted by atomic mass is 9.96. The number of ether oxygens (including phenoxy) is 2. The molecule has 0 spiro atoms. The minimum absolute atomic E-state index is 0.116. The molecule has 1 aromatic carbocycles. The molecule has 21 heavy (non-hydrogen) atoms. The van der Waals surface area contributed by atoms with Crippen LogP contribution in [-0.2, 0) is 21.2 Å². The van der Waals surface area contributed by atoms with Crippen LogP contribution in [-0.4, -0.2) is 39.1 Å². The monoisotopic (exact) mass is 310 g/mol. The minimum atomic E-state index is -4.18. The topological polar surface area (TPSA) is 89.9 Å². The molecule has 0 aliphatic rings. The number of benzene rings is 1. The molecule has 0 unspecified atom stereocenters. The van der Waals surface area contributed by atoms with E-state index in [0.717, 1.165) is 5.56 Å². The van der Waals surface area contributed by atoms with E-state index in [-0.39, 0.29) is 17.6 Å². The molecule has 1 rings (SSSR count). The molecule has 0 amide bonds. The molecule has 0 aliphatic heterocycles. The van der Waals surface area contributed by atoms with Crippen LogP contribution < -0.4 is 4.74 Å². The van der Waals surface area contributed by atoms with Crippen LogP contribution in [0.2, 0.25) is 0 Å². The number of allylic oxidation sites excluding steroid dienone is 1. The van der Waals surface area contributed by atoms with Crippen molar-refractivity contribution in [3.8, 4) is 5.75 Å². The van der Waals surface area contributed by atoms with E-state index < -0.39 is 28.4 Å². The SMILES string of the molecule is [B]Cc1ccc(C(=O)OCCS(=O)(=O)O)c(OC(=C)C)c1. The Morgan fingerprint density at radius 2 is 2.10 bits per heavy atom. The zero-order valence-electron chi connectivity index (χ0n) is 11.5. The molecule has 8 heteroatoms. The van der Waals surface area contributed by atoms with Gasteiger partial charge in [-0.25, -0.2) is 4.79 Å². The average Bonchev–Trinajstić information content (AvgIpc) is 2.36. The van der Waals surface area contributed by atoms with Gasteiger partial charge in [0.2, 0.25) is 0 Å². The van der Waals surface area contributed by atoms with Crippen molar-refractivity contribution in [3.63, 3.8) is 0 Å². The average molecular weight is 310 g/mol. The molecule has 0 saturated carbocycles. The van der Waals surface area contributed by atoms with E-state index in [1.54, 1.807) is 19.1 Å². The maximum Gasteiger partial charge on any atom is 0.341 e. The summed E-state index contributed by atoms with van der Waals surface area (Å²) in [6, 6.07) is 4.68. The summed E-state index contributed by atoms with van der Waals surface area (Å²) in [4.78, 5) is 11.9. The smallest absolute Gasteiger partial charge is 0.341 e. The van der Waals surface area contributed by atoms with Gasteiger partial charge in [-0.2, -0.15) is 8.42 Å². The first-order valence-corrected chi connectivity index (χ1v) is 7.62. The van der Waals surface area contributed by atoms with E-state index in [9.17, 15) is 13.2 Å². The summed E-state index contributed by atoms with van der Waals surface area (Å²) in [5.41, 5.74) is 0.867. The minimum Gasteiger partial charge on any atom is -0.462 e. The predicted molar refractivity (Wildman–Crippen MR) is 78.0 cm³/mol. The summed E-state index contributed by atoms with van der Waals surface area (Å²) in [5, 5.41) is 0. The quantitative estimate of drug-likeness (QED) is 0.353. The first-order chi connectivity index (χ1) is 9.73. The van der Waals surface area contributed by atoms with Gasteiger partial charge in [0.05, 0.1) is 13.6 Å². The fourth-order valence-electron chi connectivity index (χ4n) is 1.45. The zero-order chi connectivity index (χ0) is 16.0. The van der Waals surface area contributed by atoms with E-state index in [4.69, 9.17) is 21.9 Å². The van der Waals surface area contributed by atoms with Crippen molar-refractivity contribution in [1.82, 2.24) is 0 Å². The molecule has 0 heterocycles. The second kappa shape index (κ2) is 7.28. The molecule has 0 saturated heterocycles. The fraction of sp³-hybridized carbons (Fsp3) is 0.308. The third kappa shape index (κ3) is 6.01. The molecule has 0 aliphatic carbocycles. The molecule has 0 atom stereocenters. The highest BCUT2D eigenvalue weighted by Crippen LogP contribution is 2.23. The number of carbonyl (C=O) groups is 1. The van der Waals surface area contributed by atoms with Crippen LogP contribution in [0.5, 0.6) is 5.75 Å². The molecule has 1 N–H and O–H groups in total. The van der Waals surface area contributed by atoms with Crippen LogP contribution in [0, 0.1) is 0 Å². The first-order valence-electron chi connectivity index (χ1n) is 6.01. The Balaban J connectivity index is 2.89. The summed E-state index contributed by atoms with van der Waals surface area (Å²) in [5.74, 6) is -0.840. The first kappa shape index (κ1) is 17.3. The van der Waals surface area contributed by atoms with Gasteiger partial charge >= 0.3 is 5.97 Å². The third-order valence-corrected chi connectivity index (χ3v) is 3.04. The van der Waals surface area contributed by atoms with Crippen LogP contribution >= 0.6 is 0 Å². The molecule has 0 bridgehead atoms. The van der Waals surface area contributed by atoms with Crippen molar-refractivity contribution in [2.45, 2.75) is 13.2 Å². The van der Waals surface area contributed by atoms with E-state index in [1.807, 2.05) is 0 Å². The summed E-state index contributed by atoms with van der Waals surface area (Å²) in [6.07, 6.45) is 0.268. The van der Waals surface area contributed by atoms with Crippen LogP contribution in [0.1, 0.15) is 22.8 Å². The van der Waals surface area contributed by atoms with Gasteiger partial charge in [-0.05, 0) is 19.1 Å². The van der Waals surface area contributed by atoms with Crippen LogP contribution in [0.25, 0.3) is 0 Å². The van der Waals surface area contributed by atoms with Crippen LogP contribution in [0.4, 0.5) is 0 Å². The Morgan fingerprint density at radius 3 is 2.62 bits per heavy atom. The second-order valence-corrected chi connectivity index (χ2v) is 5.83. The molecule has 6 nitrogen and oxygen atoms in total. The van der Waals surface area contributed by atoms with Gasteiger partial charge in [0.1, 0.15) is 23.7 Å². The standard InChI is InChI=1S/C13H15BO6S/c1-9(2)20-12-7-10(8-14)3-4-11(12)13(15)19-5-6-21(16,17)18/h3-4,7H,1,5-6,8H2,2H3,(H,16,17,18). The van der Waals surface area contributed by atoms with E-state index in [0.29, 0.717) is 5.76 Å². The van der Waals surface area contributed by atoms with Gasteiger partial charge in [0, 0.05) is 0 Å². The van der Waals surface area contributed by atoms with Crippen LogP contribution in [0.3, 0.4) is 0 Å². The summed E-state index contributed by atoms with van der Waals surface area (Å²) < 4.78 is 39.8. The normalized spacial score (nSPS) is 11.0. The van der Waals surface area contributed by atoms with Gasteiger partial charge in [0.25, 0.3) is 10.1 Å². The van der Waals surface area contributed by atoms with Gasteiger partial charge in [-0.15, -0.1) is 0 Å². The van der Waals surface area contributed by atoms with Crippen molar-refractivity contribution in [3.05, 3.63) is 41.7 Å². The number of esters is 1. The van der Waals surface area contributed by atoms with Crippen molar-refractivity contribution in [2.24, 2.45) is 0 Å². The van der Waals surface area contributed by atoms with E-state index in [2.05, 4.69) is 6.58 Å². The molecule has 0 aromatic heterocycles. The van der Waals surface area contributed by atoms with Gasteiger partial charge in [-0.3, -0.25) is 4.55 Å². The molecule has 0 fully saturated rings. The lowest BCUT2D eigenvalue weighted by Crippen LogP contribution is -2.15. The van der Waals surface area contributed by atoms with Crippen molar-refractivity contribution >= 4 is 23.9 Å². The fourth-order valence-corrected chi connectivity index (χ4v) is 1.75. The highest BCUT2D eigenvalue weighted by Gasteiger charge is 2.16. The van der Waals surface area contributed by atoms with Gasteiger partial charge < -0.3 is 9.47 Å². The predicted octanol–water partition coefficient (Wildman–Crippen LogP) is 1.31. The van der Waals surface area contributed by atoms with Gasteiger partial charge in [-0.1, -0.05) is 24.5 Å². The number of rotatable bonds is 7. The van der Waals surface area contributed by atoms with Crippen molar-refractivity contribution in [2.75, 3.05) is 12.4 Å². The molecule has 1 aromatic rings. The summed E-state index contributed by atoms with van der Waals surface area (Å²) >= 11 is 0. The lowest BCUT2D eigenvalue weighted by molar-refractivity contribution is 0.0525. The molecule has 112 valence electrons. The maximum atomic E-state index is 11.9. The van der Waals surface area contributed by atoms with Crippen molar-refractivity contribution in [1.29, 1.82) is 0 Å². The lowest BCUT2D eigenvalue weighted by Gasteiger charge is -2.12. The third-order valence-electron chi connectivity index (χ3n) is 2.36. The Labute approximate surface area is 124 Å². The van der Waals surface area contributed by atoms with Gasteiger partial charge in [0.15, 0.2) is 0 Å². The highest BCUT2D eigenvalue weighted by molar-refractivity contribution is 7.85.